The van der Waals surface area contributed by atoms with Crippen molar-refractivity contribution in [3.63, 3.8) is 0 Å². The van der Waals surface area contributed by atoms with Crippen molar-refractivity contribution in [2.45, 2.75) is 30.8 Å². The van der Waals surface area contributed by atoms with E-state index < -0.39 is 11.1 Å². The molecule has 1 N–H and O–H groups in total. The van der Waals surface area contributed by atoms with Crippen LogP contribution in [0.4, 0.5) is 10.1 Å². The molecule has 1 heterocycles. The second-order valence-corrected chi connectivity index (χ2v) is 6.52. The molecule has 0 radical (unpaired) electrons. The predicted molar refractivity (Wildman–Crippen MR) is 90.3 cm³/mol. The zero-order chi connectivity index (χ0) is 17.0. The van der Waals surface area contributed by atoms with E-state index in [1.165, 1.54) is 30.0 Å². The van der Waals surface area contributed by atoms with Crippen LogP contribution >= 0.6 is 23.4 Å². The molecule has 0 spiro atoms. The largest absolute Gasteiger partial charge is 0.325 e. The molecule has 0 saturated carbocycles. The number of rotatable bonds is 6. The number of anilines is 1. The van der Waals surface area contributed by atoms with Crippen LogP contribution in [0.1, 0.15) is 12.7 Å². The molecule has 2 rings (SSSR count). The third kappa shape index (κ3) is 4.33. The van der Waals surface area contributed by atoms with Gasteiger partial charge < -0.3 is 9.88 Å². The van der Waals surface area contributed by atoms with Gasteiger partial charge in [-0.2, -0.15) is 0 Å². The van der Waals surface area contributed by atoms with E-state index in [1.54, 1.807) is 13.0 Å². The number of nitrogens with one attached hydrogen (secondary N) is 1. The fourth-order valence-corrected chi connectivity index (χ4v) is 2.90. The number of halogens is 2. The number of amides is 1. The van der Waals surface area contributed by atoms with Crippen LogP contribution in [-0.4, -0.2) is 25.9 Å². The van der Waals surface area contributed by atoms with Crippen molar-refractivity contribution < 1.29 is 9.18 Å². The fourth-order valence-electron chi connectivity index (χ4n) is 1.82. The Bertz CT molecular complexity index is 734. The molecular weight excluding hydrogens is 339 g/mol. The van der Waals surface area contributed by atoms with Crippen LogP contribution in [0.3, 0.4) is 0 Å². The highest BCUT2D eigenvalue weighted by atomic mass is 35.5. The van der Waals surface area contributed by atoms with Gasteiger partial charge in [0, 0.05) is 12.2 Å². The maximum atomic E-state index is 13.1. The van der Waals surface area contributed by atoms with Crippen LogP contribution in [0, 0.1) is 12.7 Å². The van der Waals surface area contributed by atoms with E-state index in [0.717, 1.165) is 5.82 Å². The first kappa shape index (κ1) is 17.5. The van der Waals surface area contributed by atoms with E-state index in [0.29, 0.717) is 17.4 Å². The molecule has 1 atom stereocenters. The second kappa shape index (κ2) is 7.61. The zero-order valence-corrected chi connectivity index (χ0v) is 14.3. The summed E-state index contributed by atoms with van der Waals surface area (Å²) in [4.78, 5) is 12.2. The molecule has 1 aromatic carbocycles. The molecule has 122 valence electrons. The van der Waals surface area contributed by atoms with E-state index >= 15 is 0 Å². The summed E-state index contributed by atoms with van der Waals surface area (Å²) in [5.41, 5.74) is 0.442. The lowest BCUT2D eigenvalue weighted by Gasteiger charge is -2.12. The lowest BCUT2D eigenvalue weighted by Crippen LogP contribution is -2.23. The molecule has 23 heavy (non-hydrogen) atoms. The normalized spacial score (nSPS) is 12.0. The first-order valence-electron chi connectivity index (χ1n) is 6.85. The number of carbonyl (C=O) groups excluding carboxylic acids is 1. The van der Waals surface area contributed by atoms with Crippen molar-refractivity contribution in [2.24, 2.45) is 0 Å². The van der Waals surface area contributed by atoms with Crippen molar-refractivity contribution in [1.29, 1.82) is 0 Å². The molecular formula is C15H16ClFN4OS. The van der Waals surface area contributed by atoms with Gasteiger partial charge in [-0.05, 0) is 32.0 Å². The average Bonchev–Trinajstić information content (AvgIpc) is 2.84. The topological polar surface area (TPSA) is 59.8 Å². The van der Waals surface area contributed by atoms with Gasteiger partial charge in [0.05, 0.1) is 10.3 Å². The van der Waals surface area contributed by atoms with E-state index in [4.69, 9.17) is 11.6 Å². The Labute approximate surface area is 142 Å². The van der Waals surface area contributed by atoms with Gasteiger partial charge in [-0.15, -0.1) is 16.8 Å². The van der Waals surface area contributed by atoms with Gasteiger partial charge in [-0.3, -0.25) is 4.79 Å². The molecule has 1 aromatic heterocycles. The third-order valence-electron chi connectivity index (χ3n) is 3.05. The SMILES string of the molecule is C=CCn1c(C)nnc1S[C@H](C)C(=O)Nc1ccc(F)c(Cl)c1. The number of carbonyl (C=O) groups is 1. The molecule has 0 aliphatic rings. The van der Waals surface area contributed by atoms with Crippen LogP contribution in [0.25, 0.3) is 0 Å². The van der Waals surface area contributed by atoms with E-state index in [1.807, 2.05) is 11.5 Å². The van der Waals surface area contributed by atoms with Crippen LogP contribution in [0.2, 0.25) is 5.02 Å². The summed E-state index contributed by atoms with van der Waals surface area (Å²) >= 11 is 6.99. The van der Waals surface area contributed by atoms with Gasteiger partial charge in [0.25, 0.3) is 0 Å². The number of hydrogen-bond donors (Lipinski definition) is 1. The molecule has 0 unspecified atom stereocenters. The molecule has 8 heteroatoms. The highest BCUT2D eigenvalue weighted by Crippen LogP contribution is 2.24. The summed E-state index contributed by atoms with van der Waals surface area (Å²) in [6.45, 7) is 7.86. The Kier molecular flexibility index (Phi) is 5.79. The molecule has 0 saturated heterocycles. The quantitative estimate of drug-likeness (QED) is 0.635. The number of aryl methyl sites for hydroxylation is 1. The number of allylic oxidation sites excluding steroid dienone is 1. The molecule has 1 amide bonds. The van der Waals surface area contributed by atoms with Crippen LogP contribution in [0.15, 0.2) is 36.0 Å². The van der Waals surface area contributed by atoms with E-state index in [9.17, 15) is 9.18 Å². The summed E-state index contributed by atoms with van der Waals surface area (Å²) in [6.07, 6.45) is 1.74. The fraction of sp³-hybridized carbons (Fsp3) is 0.267. The monoisotopic (exact) mass is 354 g/mol. The molecule has 0 fully saturated rings. The number of nitrogens with zero attached hydrogens (tertiary/aromatic N) is 3. The van der Waals surface area contributed by atoms with Crippen molar-refractivity contribution in [3.05, 3.63) is 47.5 Å². The Morgan fingerprint density at radius 1 is 1.57 bits per heavy atom. The van der Waals surface area contributed by atoms with Crippen molar-refractivity contribution in [2.75, 3.05) is 5.32 Å². The van der Waals surface area contributed by atoms with Crippen molar-refractivity contribution in [3.8, 4) is 0 Å². The summed E-state index contributed by atoms with van der Waals surface area (Å²) in [5, 5.41) is 11.0. The molecule has 0 aliphatic carbocycles. The highest BCUT2D eigenvalue weighted by molar-refractivity contribution is 8.00. The second-order valence-electron chi connectivity index (χ2n) is 4.81. The molecule has 2 aromatic rings. The van der Waals surface area contributed by atoms with Gasteiger partial charge >= 0.3 is 0 Å². The van der Waals surface area contributed by atoms with Crippen LogP contribution in [-0.2, 0) is 11.3 Å². The average molecular weight is 355 g/mol. The predicted octanol–water partition coefficient (Wildman–Crippen LogP) is 3.68. The van der Waals surface area contributed by atoms with Crippen molar-refractivity contribution >= 4 is 35.0 Å². The first-order valence-corrected chi connectivity index (χ1v) is 8.11. The molecule has 0 bridgehead atoms. The number of benzene rings is 1. The van der Waals surface area contributed by atoms with Gasteiger partial charge in [0.1, 0.15) is 11.6 Å². The lowest BCUT2D eigenvalue weighted by atomic mass is 10.3. The minimum absolute atomic E-state index is 0.0375. The Hall–Kier alpha value is -1.86. The highest BCUT2D eigenvalue weighted by Gasteiger charge is 2.19. The molecule has 5 nitrogen and oxygen atoms in total. The van der Waals surface area contributed by atoms with Gasteiger partial charge in [-0.1, -0.05) is 29.4 Å². The first-order chi connectivity index (χ1) is 10.9. The van der Waals surface area contributed by atoms with Gasteiger partial charge in [0.15, 0.2) is 5.16 Å². The molecule has 0 aliphatic heterocycles. The van der Waals surface area contributed by atoms with Crippen molar-refractivity contribution in [1.82, 2.24) is 14.8 Å². The Balaban J connectivity index is 2.05. The summed E-state index contributed by atoms with van der Waals surface area (Å²) in [5.74, 6) is -0.00565. The minimum Gasteiger partial charge on any atom is -0.325 e. The smallest absolute Gasteiger partial charge is 0.237 e. The maximum absolute atomic E-state index is 13.1. The Morgan fingerprint density at radius 2 is 2.30 bits per heavy atom. The number of thioether (sulfide) groups is 1. The number of aromatic nitrogens is 3. The van der Waals surface area contributed by atoms with Crippen LogP contribution in [0.5, 0.6) is 0 Å². The minimum atomic E-state index is -0.528. The van der Waals surface area contributed by atoms with Gasteiger partial charge in [-0.25, -0.2) is 4.39 Å². The summed E-state index contributed by atoms with van der Waals surface area (Å²) in [6, 6.07) is 4.04. The maximum Gasteiger partial charge on any atom is 0.237 e. The number of hydrogen-bond acceptors (Lipinski definition) is 4. The van der Waals surface area contributed by atoms with Gasteiger partial charge in [0.2, 0.25) is 5.91 Å². The summed E-state index contributed by atoms with van der Waals surface area (Å²) in [7, 11) is 0. The zero-order valence-electron chi connectivity index (χ0n) is 12.7. The Morgan fingerprint density at radius 3 is 2.96 bits per heavy atom. The van der Waals surface area contributed by atoms with E-state index in [-0.39, 0.29) is 10.9 Å². The lowest BCUT2D eigenvalue weighted by molar-refractivity contribution is -0.115. The standard InChI is InChI=1S/C15H16ClFN4OS/c1-4-7-21-10(3)19-20-15(21)23-9(2)14(22)18-11-5-6-13(17)12(16)8-11/h4-6,8-9H,1,7H2,2-3H3,(H,18,22)/t9-/m1/s1. The van der Waals surface area contributed by atoms with Crippen LogP contribution < -0.4 is 5.32 Å². The third-order valence-corrected chi connectivity index (χ3v) is 4.42. The van der Waals surface area contributed by atoms with E-state index in [2.05, 4.69) is 22.1 Å². The summed E-state index contributed by atoms with van der Waals surface area (Å²) < 4.78 is 15.0.